The second-order valence-corrected chi connectivity index (χ2v) is 7.38. The summed E-state index contributed by atoms with van der Waals surface area (Å²) < 4.78 is 5.07. The van der Waals surface area contributed by atoms with Crippen molar-refractivity contribution in [2.45, 2.75) is 45.7 Å². The van der Waals surface area contributed by atoms with E-state index < -0.39 is 5.54 Å². The molecule has 1 heterocycles. The van der Waals surface area contributed by atoms with Crippen molar-refractivity contribution in [2.24, 2.45) is 0 Å². The predicted molar refractivity (Wildman–Crippen MR) is 83.3 cm³/mol. The average molecular weight is 300 g/mol. The van der Waals surface area contributed by atoms with Gasteiger partial charge in [0.2, 0.25) is 0 Å². The number of nitrogens with two attached hydrogens (primary N) is 1. The van der Waals surface area contributed by atoms with Crippen molar-refractivity contribution in [2.75, 3.05) is 24.8 Å². The highest BCUT2D eigenvalue weighted by molar-refractivity contribution is 7.18. The zero-order valence-electron chi connectivity index (χ0n) is 13.0. The first-order valence-electron chi connectivity index (χ1n) is 6.40. The first kappa shape index (κ1) is 16.7. The minimum atomic E-state index is -0.458. The van der Waals surface area contributed by atoms with Crippen LogP contribution in [0.4, 0.5) is 10.9 Å². The molecule has 4 N–H and O–H groups in total. The first-order chi connectivity index (χ1) is 9.04. The molecule has 0 spiro atoms. The number of nitrogens with zero attached hydrogens (tertiary/aromatic N) is 1. The Morgan fingerprint density at radius 2 is 1.95 bits per heavy atom. The van der Waals surface area contributed by atoms with E-state index in [1.165, 1.54) is 11.3 Å². The number of hydrogen-bond donors (Lipinski definition) is 3. The van der Waals surface area contributed by atoms with Crippen molar-refractivity contribution in [3.63, 3.8) is 0 Å². The Hall–Kier alpha value is -1.34. The van der Waals surface area contributed by atoms with Gasteiger partial charge in [0.25, 0.3) is 5.91 Å². The molecular weight excluding hydrogens is 276 g/mol. The molecule has 1 rings (SSSR count). The fourth-order valence-corrected chi connectivity index (χ4v) is 2.62. The lowest BCUT2D eigenvalue weighted by molar-refractivity contribution is 0.0824. The highest BCUT2D eigenvalue weighted by Gasteiger charge is 2.25. The Bertz CT molecular complexity index is 477. The van der Waals surface area contributed by atoms with Crippen LogP contribution in [0, 0.1) is 0 Å². The Labute approximate surface area is 124 Å². The zero-order valence-corrected chi connectivity index (χ0v) is 13.8. The smallest absolute Gasteiger partial charge is 0.265 e. The fraction of sp³-hybridized carbons (Fsp3) is 0.692. The van der Waals surface area contributed by atoms with E-state index in [9.17, 15) is 4.79 Å². The monoisotopic (exact) mass is 300 g/mol. The third-order valence-corrected chi connectivity index (χ3v) is 3.28. The van der Waals surface area contributed by atoms with Crippen molar-refractivity contribution < 1.29 is 9.53 Å². The van der Waals surface area contributed by atoms with Gasteiger partial charge >= 0.3 is 0 Å². The molecule has 0 saturated heterocycles. The number of thiazole rings is 1. The van der Waals surface area contributed by atoms with E-state index in [2.05, 4.69) is 15.6 Å². The summed E-state index contributed by atoms with van der Waals surface area (Å²) in [7, 11) is 1.60. The number of rotatable bonds is 5. The van der Waals surface area contributed by atoms with E-state index >= 15 is 0 Å². The molecule has 7 heteroatoms. The minimum absolute atomic E-state index is 0.132. The highest BCUT2D eigenvalue weighted by atomic mass is 32.1. The van der Waals surface area contributed by atoms with Crippen LogP contribution in [0.5, 0.6) is 0 Å². The number of ether oxygens (including phenoxy) is 1. The highest BCUT2D eigenvalue weighted by Crippen LogP contribution is 2.27. The molecular formula is C13H24N4O2S. The number of hydrogen-bond acceptors (Lipinski definition) is 6. The summed E-state index contributed by atoms with van der Waals surface area (Å²) in [6.07, 6.45) is 0. The van der Waals surface area contributed by atoms with Gasteiger partial charge in [0.05, 0.1) is 12.1 Å². The van der Waals surface area contributed by atoms with Crippen LogP contribution in [0.1, 0.15) is 44.3 Å². The van der Waals surface area contributed by atoms with Crippen molar-refractivity contribution >= 4 is 28.2 Å². The standard InChI is InChI=1S/C13H24N4O2S/c1-12(2,3)17-11-15-9(14)8(20-11)10(18)16-13(4,5)7-19-6/h7,14H2,1-6H3,(H,15,17)(H,16,18). The van der Waals surface area contributed by atoms with Gasteiger partial charge in [-0.15, -0.1) is 0 Å². The normalized spacial score (nSPS) is 12.3. The number of amides is 1. The van der Waals surface area contributed by atoms with Gasteiger partial charge in [0.1, 0.15) is 10.7 Å². The average Bonchev–Trinajstić information content (AvgIpc) is 2.55. The molecule has 1 aromatic heterocycles. The fourth-order valence-electron chi connectivity index (χ4n) is 1.63. The molecule has 0 bridgehead atoms. The van der Waals surface area contributed by atoms with E-state index in [1.54, 1.807) is 7.11 Å². The Morgan fingerprint density at radius 1 is 1.35 bits per heavy atom. The van der Waals surface area contributed by atoms with Crippen molar-refractivity contribution in [3.8, 4) is 0 Å². The van der Waals surface area contributed by atoms with Crippen LogP contribution >= 0.6 is 11.3 Å². The quantitative estimate of drug-likeness (QED) is 0.775. The van der Waals surface area contributed by atoms with Gasteiger partial charge in [-0.1, -0.05) is 11.3 Å². The lowest BCUT2D eigenvalue weighted by Gasteiger charge is -2.24. The molecule has 0 radical (unpaired) electrons. The number of aromatic nitrogens is 1. The SMILES string of the molecule is COCC(C)(C)NC(=O)c1sc(NC(C)(C)C)nc1N. The van der Waals surface area contributed by atoms with Crippen LogP contribution in [-0.4, -0.2) is 35.7 Å². The molecule has 0 aliphatic heterocycles. The molecule has 0 atom stereocenters. The Balaban J connectivity index is 2.84. The van der Waals surface area contributed by atoms with E-state index in [1.807, 2.05) is 34.6 Å². The molecule has 0 aromatic carbocycles. The van der Waals surface area contributed by atoms with Gasteiger partial charge in [-0.05, 0) is 34.6 Å². The molecule has 1 amide bonds. The molecule has 6 nitrogen and oxygen atoms in total. The van der Waals surface area contributed by atoms with E-state index in [0.29, 0.717) is 16.6 Å². The molecule has 0 saturated carbocycles. The van der Waals surface area contributed by atoms with Gasteiger partial charge in [0.15, 0.2) is 5.13 Å². The number of carbonyl (C=O) groups excluding carboxylic acids is 1. The van der Waals surface area contributed by atoms with Crippen LogP contribution in [0.15, 0.2) is 0 Å². The summed E-state index contributed by atoms with van der Waals surface area (Å²) in [5, 5.41) is 6.74. The molecule has 20 heavy (non-hydrogen) atoms. The molecule has 0 aliphatic carbocycles. The van der Waals surface area contributed by atoms with Gasteiger partial charge in [-0.25, -0.2) is 4.98 Å². The molecule has 1 aromatic rings. The summed E-state index contributed by atoms with van der Waals surface area (Å²) in [5.41, 5.74) is 5.23. The minimum Gasteiger partial charge on any atom is -0.382 e. The molecule has 0 unspecified atom stereocenters. The van der Waals surface area contributed by atoms with Gasteiger partial charge in [-0.2, -0.15) is 0 Å². The maximum absolute atomic E-state index is 12.2. The van der Waals surface area contributed by atoms with Crippen LogP contribution in [0.2, 0.25) is 0 Å². The molecule has 0 fully saturated rings. The maximum Gasteiger partial charge on any atom is 0.265 e. The Morgan fingerprint density at radius 3 is 2.45 bits per heavy atom. The second kappa shape index (κ2) is 5.97. The summed E-state index contributed by atoms with van der Waals surface area (Å²) >= 11 is 1.25. The number of methoxy groups -OCH3 is 1. The number of carbonyl (C=O) groups is 1. The van der Waals surface area contributed by atoms with Crippen molar-refractivity contribution in [3.05, 3.63) is 4.88 Å². The van der Waals surface area contributed by atoms with E-state index in [0.717, 1.165) is 0 Å². The van der Waals surface area contributed by atoms with Crippen LogP contribution in [0.3, 0.4) is 0 Å². The third-order valence-electron chi connectivity index (χ3n) is 2.30. The summed E-state index contributed by atoms with van der Waals surface area (Å²) in [5.74, 6) is 0.0106. The molecule has 114 valence electrons. The third kappa shape index (κ3) is 4.97. The summed E-state index contributed by atoms with van der Waals surface area (Å²) in [4.78, 5) is 16.8. The van der Waals surface area contributed by atoms with Crippen LogP contribution in [-0.2, 0) is 4.74 Å². The number of anilines is 2. The summed E-state index contributed by atoms with van der Waals surface area (Å²) in [6, 6.07) is 0. The van der Waals surface area contributed by atoms with Crippen molar-refractivity contribution in [1.29, 1.82) is 0 Å². The van der Waals surface area contributed by atoms with E-state index in [4.69, 9.17) is 10.5 Å². The second-order valence-electron chi connectivity index (χ2n) is 6.38. The predicted octanol–water partition coefficient (Wildman–Crippen LogP) is 2.09. The van der Waals surface area contributed by atoms with Gasteiger partial charge in [0, 0.05) is 12.6 Å². The lowest BCUT2D eigenvalue weighted by atomic mass is 10.1. The maximum atomic E-state index is 12.2. The van der Waals surface area contributed by atoms with Crippen LogP contribution < -0.4 is 16.4 Å². The largest absolute Gasteiger partial charge is 0.382 e. The van der Waals surface area contributed by atoms with Gasteiger partial charge in [-0.3, -0.25) is 4.79 Å². The van der Waals surface area contributed by atoms with Crippen LogP contribution in [0.25, 0.3) is 0 Å². The van der Waals surface area contributed by atoms with E-state index in [-0.39, 0.29) is 17.3 Å². The first-order valence-corrected chi connectivity index (χ1v) is 7.22. The molecule has 0 aliphatic rings. The number of nitrogen functional groups attached to an aromatic ring is 1. The summed E-state index contributed by atoms with van der Waals surface area (Å²) in [6.45, 7) is 10.3. The Kier molecular flexibility index (Phi) is 4.99. The zero-order chi connectivity index (χ0) is 15.6. The van der Waals surface area contributed by atoms with Crippen molar-refractivity contribution in [1.82, 2.24) is 10.3 Å². The van der Waals surface area contributed by atoms with Gasteiger partial charge < -0.3 is 21.1 Å². The number of nitrogens with one attached hydrogen (secondary N) is 2. The topological polar surface area (TPSA) is 89.3 Å². The lowest BCUT2D eigenvalue weighted by Crippen LogP contribution is -2.46.